The number of fused-ring (bicyclic) bond motifs is 3. The van der Waals surface area contributed by atoms with E-state index in [1.54, 1.807) is 20.5 Å². The van der Waals surface area contributed by atoms with E-state index in [9.17, 15) is 4.79 Å². The van der Waals surface area contributed by atoms with Crippen LogP contribution in [-0.2, 0) is 23.3 Å². The van der Waals surface area contributed by atoms with Crippen LogP contribution in [0.1, 0.15) is 48.2 Å². The Morgan fingerprint density at radius 1 is 1.00 bits per heavy atom. The lowest BCUT2D eigenvalue weighted by atomic mass is 9.68. The summed E-state index contributed by atoms with van der Waals surface area (Å²) in [5.74, 6) is 2.78. The Hall–Kier alpha value is -4.29. The number of ether oxygens (including phenoxy) is 2. The first-order valence-corrected chi connectivity index (χ1v) is 17.6. The molecule has 1 spiro atoms. The van der Waals surface area contributed by atoms with E-state index in [4.69, 9.17) is 9.47 Å². The number of rotatable bonds is 9. The summed E-state index contributed by atoms with van der Waals surface area (Å²) in [7, 11) is 7.69. The van der Waals surface area contributed by atoms with E-state index in [-0.39, 0.29) is 11.5 Å². The third-order valence-corrected chi connectivity index (χ3v) is 10.9. The molecule has 0 bridgehead atoms. The number of amides is 1. The maximum atomic E-state index is 14.0. The third kappa shape index (κ3) is 6.43. The Morgan fingerprint density at radius 3 is 2.47 bits per heavy atom. The standard InChI is InChI=1S/C37H49N9O3/c1-26-7-6-8-29(41-26)24-46-35-30(23-40-46)34(38-25-39-35)43-16-18-44(19-17-43)36(47)27-9-12-37(13-10-27)31-22-33(49-5)32(48-4)21-28(31)11-14-45(37)20-15-42(2)3/h6-8,21-23,25,27H,9-20,24H2,1-5H3/t27-,37+. The van der Waals surface area contributed by atoms with Gasteiger partial charge >= 0.3 is 0 Å². The number of benzene rings is 1. The zero-order valence-electron chi connectivity index (χ0n) is 29.6. The molecule has 0 unspecified atom stereocenters. The smallest absolute Gasteiger partial charge is 0.225 e. The van der Waals surface area contributed by atoms with Crippen molar-refractivity contribution in [1.82, 2.24) is 39.4 Å². The molecule has 49 heavy (non-hydrogen) atoms. The number of methoxy groups -OCH3 is 2. The summed E-state index contributed by atoms with van der Waals surface area (Å²) in [6, 6.07) is 10.4. The van der Waals surface area contributed by atoms with Crippen LogP contribution >= 0.6 is 0 Å². The Balaban J connectivity index is 1.02. The molecule has 1 saturated carbocycles. The van der Waals surface area contributed by atoms with Crippen LogP contribution in [0.4, 0.5) is 5.82 Å². The van der Waals surface area contributed by atoms with Crippen molar-refractivity contribution in [3.8, 4) is 11.5 Å². The predicted molar refractivity (Wildman–Crippen MR) is 189 cm³/mol. The second kappa shape index (κ2) is 13.9. The number of carbonyl (C=O) groups is 1. The summed E-state index contributed by atoms with van der Waals surface area (Å²) in [4.78, 5) is 37.2. The highest BCUT2D eigenvalue weighted by Gasteiger charge is 2.47. The van der Waals surface area contributed by atoms with Gasteiger partial charge in [0.2, 0.25) is 5.91 Å². The van der Waals surface area contributed by atoms with Gasteiger partial charge in [-0.2, -0.15) is 5.10 Å². The molecule has 3 aromatic heterocycles. The summed E-state index contributed by atoms with van der Waals surface area (Å²) in [6.45, 7) is 8.37. The lowest BCUT2D eigenvalue weighted by Crippen LogP contribution is -2.56. The van der Waals surface area contributed by atoms with E-state index in [0.717, 1.165) is 105 Å². The molecule has 0 atom stereocenters. The van der Waals surface area contributed by atoms with Crippen molar-refractivity contribution in [3.63, 3.8) is 0 Å². The zero-order valence-corrected chi connectivity index (χ0v) is 29.6. The van der Waals surface area contributed by atoms with E-state index in [1.165, 1.54) is 11.1 Å². The quantitative estimate of drug-likeness (QED) is 0.262. The minimum atomic E-state index is -0.100. The first-order chi connectivity index (χ1) is 23.8. The van der Waals surface area contributed by atoms with Crippen LogP contribution in [0.3, 0.4) is 0 Å². The second-order valence-electron chi connectivity index (χ2n) is 14.0. The van der Waals surface area contributed by atoms with E-state index >= 15 is 0 Å². The lowest BCUT2D eigenvalue weighted by molar-refractivity contribution is -0.138. The molecule has 2 aliphatic heterocycles. The van der Waals surface area contributed by atoms with Gasteiger partial charge in [-0.05, 0) is 88.5 Å². The summed E-state index contributed by atoms with van der Waals surface area (Å²) in [5.41, 5.74) is 5.31. The molecule has 0 radical (unpaired) electrons. The highest BCUT2D eigenvalue weighted by Crippen LogP contribution is 2.50. The van der Waals surface area contributed by atoms with Gasteiger partial charge in [0, 0.05) is 63.0 Å². The van der Waals surface area contributed by atoms with Crippen molar-refractivity contribution < 1.29 is 14.3 Å². The SMILES string of the molecule is COc1cc2c(cc1OC)[C@]1(CC[C@H](C(=O)N3CCN(c4ncnc5c4cnn5Cc4cccc(C)n4)CC3)CC1)N(CCN(C)C)CC2. The Bertz CT molecular complexity index is 1790. The number of aromatic nitrogens is 5. The van der Waals surface area contributed by atoms with Gasteiger partial charge < -0.3 is 24.2 Å². The maximum Gasteiger partial charge on any atom is 0.225 e. The zero-order chi connectivity index (χ0) is 34.1. The highest BCUT2D eigenvalue weighted by atomic mass is 16.5. The van der Waals surface area contributed by atoms with Crippen LogP contribution in [0.2, 0.25) is 0 Å². The van der Waals surface area contributed by atoms with Gasteiger partial charge in [0.1, 0.15) is 12.1 Å². The molecule has 12 nitrogen and oxygen atoms in total. The van der Waals surface area contributed by atoms with Gasteiger partial charge in [0.05, 0.1) is 38.0 Å². The Morgan fingerprint density at radius 2 is 1.76 bits per heavy atom. The maximum absolute atomic E-state index is 14.0. The molecule has 7 rings (SSSR count). The fourth-order valence-electron chi connectivity index (χ4n) is 8.26. The predicted octanol–water partition coefficient (Wildman–Crippen LogP) is 3.75. The average Bonchev–Trinajstić information content (AvgIpc) is 3.53. The molecule has 5 heterocycles. The van der Waals surface area contributed by atoms with Crippen molar-refractivity contribution in [3.05, 3.63) is 65.4 Å². The van der Waals surface area contributed by atoms with Gasteiger partial charge in [0.15, 0.2) is 17.1 Å². The molecule has 12 heteroatoms. The van der Waals surface area contributed by atoms with Crippen molar-refractivity contribution in [1.29, 1.82) is 0 Å². The normalized spacial score (nSPS) is 21.4. The number of aryl methyl sites for hydroxylation is 1. The highest BCUT2D eigenvalue weighted by molar-refractivity contribution is 5.87. The summed E-state index contributed by atoms with van der Waals surface area (Å²) in [6.07, 6.45) is 8.14. The molecule has 0 N–H and O–H groups in total. The fraction of sp³-hybridized carbons (Fsp3) is 0.541. The Kier molecular flexibility index (Phi) is 9.43. The van der Waals surface area contributed by atoms with E-state index in [1.807, 2.05) is 36.0 Å². The number of hydrogen-bond donors (Lipinski definition) is 0. The average molecular weight is 668 g/mol. The van der Waals surface area contributed by atoms with E-state index in [0.29, 0.717) is 25.5 Å². The van der Waals surface area contributed by atoms with Crippen LogP contribution in [0, 0.1) is 12.8 Å². The van der Waals surface area contributed by atoms with Crippen LogP contribution in [0.25, 0.3) is 11.0 Å². The summed E-state index contributed by atoms with van der Waals surface area (Å²) >= 11 is 0. The lowest BCUT2D eigenvalue weighted by Gasteiger charge is -2.52. The molecule has 1 saturated heterocycles. The van der Waals surface area contributed by atoms with Crippen molar-refractivity contribution in [2.45, 2.75) is 51.1 Å². The van der Waals surface area contributed by atoms with Gasteiger partial charge in [0.25, 0.3) is 0 Å². The molecular formula is C37H49N9O3. The molecule has 3 aliphatic rings. The van der Waals surface area contributed by atoms with Crippen molar-refractivity contribution in [2.24, 2.45) is 5.92 Å². The molecule has 1 aliphatic carbocycles. The van der Waals surface area contributed by atoms with Gasteiger partial charge in [-0.15, -0.1) is 0 Å². The molecule has 1 aromatic carbocycles. The number of hydrogen-bond acceptors (Lipinski definition) is 10. The van der Waals surface area contributed by atoms with Gasteiger partial charge in [-0.25, -0.2) is 14.6 Å². The largest absolute Gasteiger partial charge is 0.493 e. The topological polar surface area (TPSA) is 105 Å². The minimum absolute atomic E-state index is 0.0395. The van der Waals surface area contributed by atoms with Gasteiger partial charge in [-0.1, -0.05) is 6.07 Å². The number of anilines is 1. The van der Waals surface area contributed by atoms with Crippen LogP contribution in [-0.4, -0.2) is 119 Å². The van der Waals surface area contributed by atoms with Crippen LogP contribution in [0.5, 0.6) is 11.5 Å². The summed E-state index contributed by atoms with van der Waals surface area (Å²) in [5, 5.41) is 5.56. The number of carbonyl (C=O) groups excluding carboxylic acids is 1. The molecular weight excluding hydrogens is 618 g/mol. The second-order valence-corrected chi connectivity index (χ2v) is 14.0. The van der Waals surface area contributed by atoms with Crippen molar-refractivity contribution >= 4 is 22.8 Å². The number of piperazine rings is 1. The first-order valence-electron chi connectivity index (χ1n) is 17.6. The molecule has 4 aromatic rings. The third-order valence-electron chi connectivity index (χ3n) is 10.9. The molecule has 1 amide bonds. The van der Waals surface area contributed by atoms with Gasteiger partial charge in [-0.3, -0.25) is 14.7 Å². The number of nitrogens with zero attached hydrogens (tertiary/aromatic N) is 9. The summed E-state index contributed by atoms with van der Waals surface area (Å²) < 4.78 is 13.3. The molecule has 260 valence electrons. The Labute approximate surface area is 289 Å². The van der Waals surface area contributed by atoms with E-state index < -0.39 is 0 Å². The monoisotopic (exact) mass is 667 g/mol. The minimum Gasteiger partial charge on any atom is -0.493 e. The van der Waals surface area contributed by atoms with Crippen LogP contribution in [0.15, 0.2) is 42.9 Å². The van der Waals surface area contributed by atoms with E-state index in [2.05, 4.69) is 65.9 Å². The van der Waals surface area contributed by atoms with Crippen LogP contribution < -0.4 is 14.4 Å². The fourth-order valence-corrected chi connectivity index (χ4v) is 8.26. The molecule has 2 fully saturated rings. The number of pyridine rings is 1. The number of likely N-dealkylation sites (N-methyl/N-ethyl adjacent to an activating group) is 1. The van der Waals surface area contributed by atoms with Crippen molar-refractivity contribution in [2.75, 3.05) is 79.0 Å². The first kappa shape index (κ1) is 33.2.